The van der Waals surface area contributed by atoms with Crippen molar-refractivity contribution in [2.75, 3.05) is 0 Å². The zero-order valence-electron chi connectivity index (χ0n) is 12.9. The van der Waals surface area contributed by atoms with Gasteiger partial charge in [-0.1, -0.05) is 38.1 Å². The van der Waals surface area contributed by atoms with E-state index >= 15 is 0 Å². The Labute approximate surface area is 148 Å². The van der Waals surface area contributed by atoms with Gasteiger partial charge in [0, 0.05) is 23.2 Å². The van der Waals surface area contributed by atoms with E-state index in [4.69, 9.17) is 10.8 Å². The SMILES string of the molecule is CC(C)[C@H](N)C(=O)O.[Pd+2].c1cnc2c(c1)ccc1cccnc12. The van der Waals surface area contributed by atoms with Crippen LogP contribution in [0.25, 0.3) is 21.8 Å². The van der Waals surface area contributed by atoms with Gasteiger partial charge in [-0.3, -0.25) is 14.8 Å². The molecule has 0 fully saturated rings. The Hall–Kier alpha value is -1.87. The number of carboxylic acid groups (broad SMARTS) is 1. The van der Waals surface area contributed by atoms with Crippen molar-refractivity contribution in [3.8, 4) is 0 Å². The third kappa shape index (κ3) is 4.80. The van der Waals surface area contributed by atoms with Crippen LogP contribution >= 0.6 is 0 Å². The summed E-state index contributed by atoms with van der Waals surface area (Å²) in [5, 5.41) is 10.5. The molecule has 0 saturated heterocycles. The molecule has 0 spiro atoms. The van der Waals surface area contributed by atoms with Crippen LogP contribution in [0.4, 0.5) is 0 Å². The number of nitrogens with zero attached hydrogens (tertiary/aromatic N) is 2. The maximum atomic E-state index is 10.0. The van der Waals surface area contributed by atoms with Crippen molar-refractivity contribution in [2.24, 2.45) is 11.7 Å². The number of aliphatic carboxylic acids is 1. The molecule has 3 aromatic rings. The van der Waals surface area contributed by atoms with Crippen LogP contribution in [-0.2, 0) is 25.2 Å². The van der Waals surface area contributed by atoms with Crippen molar-refractivity contribution in [1.82, 2.24) is 9.97 Å². The summed E-state index contributed by atoms with van der Waals surface area (Å²) in [6.45, 7) is 3.55. The molecule has 0 saturated carbocycles. The normalized spacial score (nSPS) is 11.5. The molecule has 0 aliphatic carbocycles. The van der Waals surface area contributed by atoms with Crippen LogP contribution < -0.4 is 5.73 Å². The van der Waals surface area contributed by atoms with Gasteiger partial charge in [-0.25, -0.2) is 0 Å². The molecule has 0 radical (unpaired) electrons. The summed E-state index contributed by atoms with van der Waals surface area (Å²) >= 11 is 0. The molecular formula is C17H19N3O2Pd+2. The van der Waals surface area contributed by atoms with Gasteiger partial charge in [-0.05, 0) is 18.1 Å². The summed E-state index contributed by atoms with van der Waals surface area (Å²) < 4.78 is 0. The molecule has 2 aromatic heterocycles. The number of carbonyl (C=O) groups is 1. The van der Waals surface area contributed by atoms with Gasteiger partial charge < -0.3 is 10.8 Å². The van der Waals surface area contributed by atoms with Crippen molar-refractivity contribution in [3.05, 3.63) is 48.8 Å². The maximum Gasteiger partial charge on any atom is 2.00 e. The van der Waals surface area contributed by atoms with Crippen molar-refractivity contribution in [2.45, 2.75) is 19.9 Å². The molecule has 23 heavy (non-hydrogen) atoms. The first-order valence-electron chi connectivity index (χ1n) is 7.07. The van der Waals surface area contributed by atoms with E-state index < -0.39 is 12.0 Å². The van der Waals surface area contributed by atoms with E-state index in [0.29, 0.717) is 0 Å². The van der Waals surface area contributed by atoms with Crippen LogP contribution in [0.5, 0.6) is 0 Å². The largest absolute Gasteiger partial charge is 2.00 e. The van der Waals surface area contributed by atoms with Gasteiger partial charge in [0.2, 0.25) is 0 Å². The zero-order chi connectivity index (χ0) is 16.1. The molecule has 2 heterocycles. The topological polar surface area (TPSA) is 89.1 Å². The number of pyridine rings is 2. The third-order valence-electron chi connectivity index (χ3n) is 3.35. The van der Waals surface area contributed by atoms with Crippen LogP contribution in [0.1, 0.15) is 13.8 Å². The number of nitrogens with two attached hydrogens (primary N) is 1. The minimum absolute atomic E-state index is 0. The number of hydrogen-bond acceptors (Lipinski definition) is 4. The van der Waals surface area contributed by atoms with Gasteiger partial charge >= 0.3 is 26.4 Å². The molecule has 0 unspecified atom stereocenters. The molecule has 3 N–H and O–H groups in total. The Morgan fingerprint density at radius 1 is 1.00 bits per heavy atom. The molecule has 6 heteroatoms. The van der Waals surface area contributed by atoms with Crippen LogP contribution in [0.3, 0.4) is 0 Å². The summed E-state index contributed by atoms with van der Waals surface area (Å²) in [7, 11) is 0. The van der Waals surface area contributed by atoms with E-state index in [1.165, 1.54) is 0 Å². The Kier molecular flexibility index (Phi) is 7.24. The molecule has 1 aromatic carbocycles. The molecule has 0 bridgehead atoms. The van der Waals surface area contributed by atoms with Crippen LogP contribution in [0, 0.1) is 5.92 Å². The van der Waals surface area contributed by atoms with E-state index in [9.17, 15) is 4.79 Å². The van der Waals surface area contributed by atoms with E-state index in [1.807, 2.05) is 12.1 Å². The third-order valence-corrected chi connectivity index (χ3v) is 3.35. The van der Waals surface area contributed by atoms with Crippen molar-refractivity contribution in [3.63, 3.8) is 0 Å². The van der Waals surface area contributed by atoms with Crippen molar-refractivity contribution in [1.29, 1.82) is 0 Å². The smallest absolute Gasteiger partial charge is 0.480 e. The first kappa shape index (κ1) is 19.2. The number of carboxylic acids is 1. The number of benzene rings is 1. The predicted molar refractivity (Wildman–Crippen MR) is 87.5 cm³/mol. The minimum Gasteiger partial charge on any atom is -0.480 e. The van der Waals surface area contributed by atoms with E-state index in [2.05, 4.69) is 34.2 Å². The van der Waals surface area contributed by atoms with Gasteiger partial charge in [0.15, 0.2) is 0 Å². The second-order valence-corrected chi connectivity index (χ2v) is 5.32. The molecule has 122 valence electrons. The van der Waals surface area contributed by atoms with E-state index in [1.54, 1.807) is 26.2 Å². The summed E-state index contributed by atoms with van der Waals surface area (Å²) in [5.74, 6) is -0.910. The Morgan fingerprint density at radius 3 is 1.74 bits per heavy atom. The second kappa shape index (κ2) is 8.68. The van der Waals surface area contributed by atoms with Crippen molar-refractivity contribution >= 4 is 27.8 Å². The van der Waals surface area contributed by atoms with Gasteiger partial charge in [0.25, 0.3) is 0 Å². The summed E-state index contributed by atoms with van der Waals surface area (Å²) in [5.41, 5.74) is 7.11. The number of hydrogen-bond donors (Lipinski definition) is 2. The number of fused-ring (bicyclic) bond motifs is 3. The second-order valence-electron chi connectivity index (χ2n) is 5.32. The molecule has 0 aliphatic heterocycles. The van der Waals surface area contributed by atoms with Gasteiger partial charge in [0.1, 0.15) is 6.04 Å². The first-order chi connectivity index (χ1) is 10.5. The minimum atomic E-state index is -0.931. The number of rotatable bonds is 2. The molecule has 5 nitrogen and oxygen atoms in total. The van der Waals surface area contributed by atoms with Gasteiger partial charge in [-0.15, -0.1) is 0 Å². The fourth-order valence-corrected chi connectivity index (χ4v) is 1.96. The Balaban J connectivity index is 0.000000258. The van der Waals surface area contributed by atoms with Crippen LogP contribution in [0.15, 0.2) is 48.8 Å². The molecule has 3 rings (SSSR count). The molecule has 0 amide bonds. The first-order valence-corrected chi connectivity index (χ1v) is 7.07. The monoisotopic (exact) mass is 403 g/mol. The van der Waals surface area contributed by atoms with Crippen LogP contribution in [-0.4, -0.2) is 27.1 Å². The fraction of sp³-hybridized carbons (Fsp3) is 0.235. The van der Waals surface area contributed by atoms with Gasteiger partial charge in [-0.2, -0.15) is 0 Å². The molecule has 1 atom stereocenters. The van der Waals surface area contributed by atoms with Crippen LogP contribution in [0.2, 0.25) is 0 Å². The molecule has 0 aliphatic rings. The van der Waals surface area contributed by atoms with E-state index in [-0.39, 0.29) is 26.3 Å². The summed E-state index contributed by atoms with van der Waals surface area (Å²) in [4.78, 5) is 18.7. The quantitative estimate of drug-likeness (QED) is 0.507. The van der Waals surface area contributed by atoms with Gasteiger partial charge in [0.05, 0.1) is 11.0 Å². The van der Waals surface area contributed by atoms with E-state index in [0.717, 1.165) is 21.8 Å². The van der Waals surface area contributed by atoms with Crippen molar-refractivity contribution < 1.29 is 30.3 Å². The summed E-state index contributed by atoms with van der Waals surface area (Å²) in [6.07, 6.45) is 3.60. The molecular weight excluding hydrogens is 385 g/mol. The zero-order valence-corrected chi connectivity index (χ0v) is 14.5. The standard InChI is InChI=1S/C12H8N2.C5H11NO2.Pd/c1-3-9-5-6-10-4-2-8-14-12(10)11(9)13-7-1;1-3(2)4(6)5(7)8;/h1-8H;3-4H,6H2,1-2H3,(H,7,8);/q;;+2/t;4-;/m.0./s1. The number of aromatic nitrogens is 2. The summed E-state index contributed by atoms with van der Waals surface area (Å²) in [6, 6.07) is 11.4. The Bertz CT molecular complexity index is 738. The average Bonchev–Trinajstić information content (AvgIpc) is 2.54. The fourth-order valence-electron chi connectivity index (χ4n) is 1.96. The predicted octanol–water partition coefficient (Wildman–Crippen LogP) is 2.83. The maximum absolute atomic E-state index is 10.0. The Morgan fingerprint density at radius 2 is 1.43 bits per heavy atom. The average molecular weight is 404 g/mol.